The minimum absolute atomic E-state index is 0.0108. The molecule has 27 heavy (non-hydrogen) atoms. The number of carbonyl (C=O) groups excluding carboxylic acids is 1. The van der Waals surface area contributed by atoms with Crippen LogP contribution in [0.3, 0.4) is 0 Å². The average molecular weight is 368 g/mol. The maximum absolute atomic E-state index is 12.4. The summed E-state index contributed by atoms with van der Waals surface area (Å²) in [5, 5.41) is 2.86. The highest BCUT2D eigenvalue weighted by Crippen LogP contribution is 2.17. The number of nitrogens with zero attached hydrogens (tertiary/aromatic N) is 1. The van der Waals surface area contributed by atoms with Crippen LogP contribution in [0.15, 0.2) is 63.8 Å². The van der Waals surface area contributed by atoms with Crippen LogP contribution in [-0.4, -0.2) is 23.6 Å². The lowest BCUT2D eigenvalue weighted by Crippen LogP contribution is -2.35. The molecule has 0 fully saturated rings. The van der Waals surface area contributed by atoms with E-state index in [1.165, 1.54) is 4.57 Å². The molecule has 0 spiro atoms. The Bertz CT molecular complexity index is 945. The molecule has 0 unspecified atom stereocenters. The van der Waals surface area contributed by atoms with Crippen molar-refractivity contribution in [2.45, 2.75) is 32.4 Å². The fourth-order valence-electron chi connectivity index (χ4n) is 2.98. The van der Waals surface area contributed by atoms with Crippen LogP contribution in [0, 0.1) is 0 Å². The van der Waals surface area contributed by atoms with Gasteiger partial charge in [0, 0.05) is 13.2 Å². The number of ether oxygens (including phenoxy) is 1. The summed E-state index contributed by atoms with van der Waals surface area (Å²) >= 11 is 0. The Morgan fingerprint density at radius 2 is 1.81 bits per heavy atom. The molecule has 3 aromatic rings. The Hall–Kier alpha value is -2.86. The number of amides is 1. The minimum atomic E-state index is -0.648. The van der Waals surface area contributed by atoms with Crippen molar-refractivity contribution in [3.8, 4) is 0 Å². The third kappa shape index (κ3) is 4.46. The fraction of sp³-hybridized carbons (Fsp3) is 0.333. The Balaban J connectivity index is 1.48. The first-order chi connectivity index (χ1) is 13.1. The lowest BCUT2D eigenvalue weighted by Gasteiger charge is -2.15. The Labute approximate surface area is 157 Å². The Morgan fingerprint density at radius 1 is 1.11 bits per heavy atom. The van der Waals surface area contributed by atoms with Crippen molar-refractivity contribution in [2.24, 2.45) is 0 Å². The van der Waals surface area contributed by atoms with Crippen LogP contribution >= 0.6 is 0 Å². The van der Waals surface area contributed by atoms with E-state index in [9.17, 15) is 9.59 Å². The van der Waals surface area contributed by atoms with E-state index >= 15 is 0 Å². The molecule has 3 rings (SSSR count). The third-order valence-corrected chi connectivity index (χ3v) is 4.54. The lowest BCUT2D eigenvalue weighted by molar-refractivity contribution is -0.123. The maximum atomic E-state index is 12.4. The zero-order valence-electron chi connectivity index (χ0n) is 15.6. The van der Waals surface area contributed by atoms with Gasteiger partial charge in [-0.1, -0.05) is 42.5 Å². The van der Waals surface area contributed by atoms with Gasteiger partial charge in [0.05, 0.1) is 11.6 Å². The van der Waals surface area contributed by atoms with Crippen LogP contribution in [0.4, 0.5) is 0 Å². The monoisotopic (exact) mass is 368 g/mol. The summed E-state index contributed by atoms with van der Waals surface area (Å²) in [7, 11) is 0. The summed E-state index contributed by atoms with van der Waals surface area (Å²) < 4.78 is 12.4. The number of fused-ring (bicyclic) bond motifs is 1. The minimum Gasteiger partial charge on any atom is -0.408 e. The molecule has 0 aliphatic carbocycles. The smallest absolute Gasteiger partial charge is 0.408 e. The Kier molecular flexibility index (Phi) is 6.08. The zero-order valence-corrected chi connectivity index (χ0v) is 15.6. The highest BCUT2D eigenvalue weighted by atomic mass is 16.5. The van der Waals surface area contributed by atoms with Gasteiger partial charge in [-0.2, -0.15) is 0 Å². The van der Waals surface area contributed by atoms with Crippen molar-refractivity contribution in [1.29, 1.82) is 0 Å². The topological polar surface area (TPSA) is 73.5 Å². The predicted octanol–water partition coefficient (Wildman–Crippen LogP) is 3.44. The molecule has 1 amide bonds. The number of rotatable bonds is 8. The van der Waals surface area contributed by atoms with Gasteiger partial charge in [0.2, 0.25) is 5.91 Å². The molecule has 0 aliphatic rings. The normalized spacial score (nSPS) is 13.4. The summed E-state index contributed by atoms with van der Waals surface area (Å²) in [6.45, 7) is 4.72. The molecule has 0 bridgehead atoms. The van der Waals surface area contributed by atoms with Gasteiger partial charge < -0.3 is 14.5 Å². The molecule has 142 valence electrons. The second-order valence-corrected chi connectivity index (χ2v) is 6.45. The van der Waals surface area contributed by atoms with E-state index in [-0.39, 0.29) is 12.0 Å². The summed E-state index contributed by atoms with van der Waals surface area (Å²) in [6.07, 6.45) is 0.702. The number of carbonyl (C=O) groups is 1. The highest BCUT2D eigenvalue weighted by Gasteiger charge is 2.20. The third-order valence-electron chi connectivity index (χ3n) is 4.54. The number of aromatic nitrogens is 1. The number of para-hydroxylation sites is 2. The van der Waals surface area contributed by atoms with Gasteiger partial charge in [0.1, 0.15) is 6.04 Å². The molecule has 6 heteroatoms. The first-order valence-electron chi connectivity index (χ1n) is 9.12. The van der Waals surface area contributed by atoms with Gasteiger partial charge in [-0.05, 0) is 38.0 Å². The van der Waals surface area contributed by atoms with E-state index in [2.05, 4.69) is 5.32 Å². The number of hydrogen-bond acceptors (Lipinski definition) is 4. The van der Waals surface area contributed by atoms with E-state index in [0.29, 0.717) is 30.7 Å². The Morgan fingerprint density at radius 3 is 2.59 bits per heavy atom. The van der Waals surface area contributed by atoms with E-state index in [1.807, 2.05) is 43.3 Å². The molecule has 0 saturated carbocycles. The van der Waals surface area contributed by atoms with Crippen molar-refractivity contribution < 1.29 is 13.9 Å². The molecule has 1 N–H and O–H groups in total. The van der Waals surface area contributed by atoms with Crippen molar-refractivity contribution in [2.75, 3.05) is 13.2 Å². The van der Waals surface area contributed by atoms with Crippen molar-refractivity contribution in [3.05, 3.63) is 70.7 Å². The standard InChI is InChI=1S/C21H24N2O4/c1-15(23-18-11-6-7-12-19(18)27-21(23)25)20(24)22-13-8-14-26-16(2)17-9-4-3-5-10-17/h3-7,9-12,15-16H,8,13-14H2,1-2H3,(H,22,24)/t15-,16-/m1/s1. The van der Waals surface area contributed by atoms with Crippen molar-refractivity contribution in [3.63, 3.8) is 0 Å². The van der Waals surface area contributed by atoms with E-state index < -0.39 is 11.8 Å². The van der Waals surface area contributed by atoms with Crippen molar-refractivity contribution in [1.82, 2.24) is 9.88 Å². The average Bonchev–Trinajstić information content (AvgIpc) is 3.03. The van der Waals surface area contributed by atoms with Gasteiger partial charge in [0.15, 0.2) is 5.58 Å². The van der Waals surface area contributed by atoms with Gasteiger partial charge in [-0.25, -0.2) is 4.79 Å². The molecule has 1 heterocycles. The molecule has 0 aliphatic heterocycles. The summed E-state index contributed by atoms with van der Waals surface area (Å²) in [4.78, 5) is 24.5. The molecule has 1 aromatic heterocycles. The molecular weight excluding hydrogens is 344 g/mol. The molecule has 2 aromatic carbocycles. The zero-order chi connectivity index (χ0) is 19.2. The first kappa shape index (κ1) is 18.9. The van der Waals surface area contributed by atoms with E-state index in [1.54, 1.807) is 25.1 Å². The molecule has 6 nitrogen and oxygen atoms in total. The molecule has 0 radical (unpaired) electrons. The number of nitrogens with one attached hydrogen (secondary N) is 1. The first-order valence-corrected chi connectivity index (χ1v) is 9.12. The van der Waals surface area contributed by atoms with Crippen LogP contribution in [0.1, 0.15) is 38.0 Å². The van der Waals surface area contributed by atoms with Gasteiger partial charge in [0.25, 0.3) is 0 Å². The second kappa shape index (κ2) is 8.68. The summed E-state index contributed by atoms with van der Waals surface area (Å²) in [5.41, 5.74) is 2.22. The number of hydrogen-bond donors (Lipinski definition) is 1. The molecular formula is C21H24N2O4. The van der Waals surface area contributed by atoms with E-state index in [0.717, 1.165) is 5.56 Å². The van der Waals surface area contributed by atoms with Crippen LogP contribution in [0.25, 0.3) is 11.1 Å². The molecule has 0 saturated heterocycles. The van der Waals surface area contributed by atoms with Crippen molar-refractivity contribution >= 4 is 17.0 Å². The number of benzene rings is 2. The van der Waals surface area contributed by atoms with Crippen LogP contribution in [0.5, 0.6) is 0 Å². The van der Waals surface area contributed by atoms with Gasteiger partial charge in [-0.3, -0.25) is 9.36 Å². The summed E-state index contributed by atoms with van der Waals surface area (Å²) in [5.74, 6) is -0.751. The number of oxazole rings is 1. The van der Waals surface area contributed by atoms with Crippen LogP contribution < -0.4 is 11.1 Å². The molecule has 2 atom stereocenters. The van der Waals surface area contributed by atoms with E-state index in [4.69, 9.17) is 9.15 Å². The largest absolute Gasteiger partial charge is 0.420 e. The van der Waals surface area contributed by atoms with Gasteiger partial charge in [-0.15, -0.1) is 0 Å². The highest BCUT2D eigenvalue weighted by molar-refractivity contribution is 5.82. The second-order valence-electron chi connectivity index (χ2n) is 6.45. The predicted molar refractivity (Wildman–Crippen MR) is 104 cm³/mol. The quantitative estimate of drug-likeness (QED) is 0.618. The maximum Gasteiger partial charge on any atom is 0.420 e. The van der Waals surface area contributed by atoms with Crippen LogP contribution in [-0.2, 0) is 9.53 Å². The fourth-order valence-corrected chi connectivity index (χ4v) is 2.98. The van der Waals surface area contributed by atoms with Crippen LogP contribution in [0.2, 0.25) is 0 Å². The summed E-state index contributed by atoms with van der Waals surface area (Å²) in [6, 6.07) is 16.4. The lowest BCUT2D eigenvalue weighted by atomic mass is 10.1. The SMILES string of the molecule is C[C@H](C(=O)NCCCO[C@H](C)c1ccccc1)n1c(=O)oc2ccccc21. The van der Waals surface area contributed by atoms with Gasteiger partial charge >= 0.3 is 5.76 Å².